The summed E-state index contributed by atoms with van der Waals surface area (Å²) in [6.07, 6.45) is 1.95. The van der Waals surface area contributed by atoms with Gasteiger partial charge in [0.15, 0.2) is 0 Å². The largest absolute Gasteiger partial charge is 0.316 e. The van der Waals surface area contributed by atoms with E-state index >= 15 is 0 Å². The highest BCUT2D eigenvalue weighted by Crippen LogP contribution is 2.14. The zero-order valence-electron chi connectivity index (χ0n) is 10.6. The van der Waals surface area contributed by atoms with Crippen LogP contribution in [0, 0.1) is 0 Å². The van der Waals surface area contributed by atoms with Gasteiger partial charge in [-0.2, -0.15) is 17.4 Å². The summed E-state index contributed by atoms with van der Waals surface area (Å²) in [6.45, 7) is 6.73. The molecule has 0 spiro atoms. The van der Waals surface area contributed by atoms with Crippen LogP contribution in [0.15, 0.2) is 0 Å². The van der Waals surface area contributed by atoms with Crippen molar-refractivity contribution in [3.8, 4) is 0 Å². The lowest BCUT2D eigenvalue weighted by atomic mass is 10.1. The van der Waals surface area contributed by atoms with Gasteiger partial charge in [-0.25, -0.2) is 0 Å². The molecule has 0 saturated carbocycles. The molecule has 2 N–H and O–H groups in total. The minimum Gasteiger partial charge on any atom is -0.316 e. The van der Waals surface area contributed by atoms with E-state index in [-0.39, 0.29) is 6.04 Å². The topological polar surface area (TPSA) is 61.4 Å². The smallest absolute Gasteiger partial charge is 0.279 e. The molecule has 0 aromatic rings. The van der Waals surface area contributed by atoms with Crippen LogP contribution in [-0.2, 0) is 10.2 Å². The van der Waals surface area contributed by atoms with Crippen LogP contribution < -0.4 is 10.0 Å². The van der Waals surface area contributed by atoms with Crippen molar-refractivity contribution in [2.45, 2.75) is 45.2 Å². The van der Waals surface area contributed by atoms with Crippen LogP contribution in [0.4, 0.5) is 0 Å². The van der Waals surface area contributed by atoms with E-state index in [2.05, 4.69) is 10.0 Å². The number of nitrogens with zero attached hydrogens (tertiary/aromatic N) is 1. The molecule has 6 heteroatoms. The molecule has 1 rings (SSSR count). The predicted octanol–water partition coefficient (Wildman–Crippen LogP) is 0.303. The molecule has 1 heterocycles. The maximum absolute atomic E-state index is 12.0. The third kappa shape index (κ3) is 4.01. The molecule has 1 unspecified atom stereocenters. The van der Waals surface area contributed by atoms with Gasteiger partial charge < -0.3 is 5.32 Å². The van der Waals surface area contributed by atoms with Gasteiger partial charge in [0.2, 0.25) is 0 Å². The van der Waals surface area contributed by atoms with Crippen molar-refractivity contribution in [3.63, 3.8) is 0 Å². The fourth-order valence-electron chi connectivity index (χ4n) is 1.85. The Hall–Kier alpha value is -0.170. The highest BCUT2D eigenvalue weighted by molar-refractivity contribution is 7.87. The summed E-state index contributed by atoms with van der Waals surface area (Å²) in [5.41, 5.74) is -0.425. The molecule has 0 aliphatic carbocycles. The highest BCUT2D eigenvalue weighted by Gasteiger charge is 2.30. The van der Waals surface area contributed by atoms with Crippen molar-refractivity contribution in [2.24, 2.45) is 0 Å². The lowest BCUT2D eigenvalue weighted by molar-refractivity contribution is 0.285. The number of hydrogen-bond donors (Lipinski definition) is 2. The van der Waals surface area contributed by atoms with E-state index in [4.69, 9.17) is 0 Å². The quantitative estimate of drug-likeness (QED) is 0.756. The maximum atomic E-state index is 12.0. The SMILES string of the molecule is CNC1CCCN(S(=O)(=O)NC(C)(C)C)C1. The molecule has 16 heavy (non-hydrogen) atoms. The molecule has 96 valence electrons. The minimum atomic E-state index is -3.34. The first-order valence-corrected chi connectivity index (χ1v) is 7.15. The number of hydrogen-bond acceptors (Lipinski definition) is 3. The van der Waals surface area contributed by atoms with E-state index in [1.807, 2.05) is 27.8 Å². The van der Waals surface area contributed by atoms with Crippen molar-refractivity contribution >= 4 is 10.2 Å². The van der Waals surface area contributed by atoms with Crippen LogP contribution >= 0.6 is 0 Å². The molecule has 5 nitrogen and oxygen atoms in total. The first kappa shape index (κ1) is 13.9. The van der Waals surface area contributed by atoms with E-state index in [1.165, 1.54) is 4.31 Å². The fourth-order valence-corrected chi connectivity index (χ4v) is 3.50. The third-order valence-electron chi connectivity index (χ3n) is 2.57. The number of likely N-dealkylation sites (N-methyl/N-ethyl adjacent to an activating group) is 1. The molecule has 1 fully saturated rings. The summed E-state index contributed by atoms with van der Waals surface area (Å²) < 4.78 is 28.3. The van der Waals surface area contributed by atoms with Gasteiger partial charge >= 0.3 is 0 Å². The Morgan fingerprint density at radius 3 is 2.44 bits per heavy atom. The van der Waals surface area contributed by atoms with Gasteiger partial charge in [-0.05, 0) is 40.7 Å². The average molecular weight is 249 g/mol. The molecule has 0 amide bonds. The Labute approximate surface area is 98.8 Å². The van der Waals surface area contributed by atoms with Crippen LogP contribution in [0.1, 0.15) is 33.6 Å². The van der Waals surface area contributed by atoms with Gasteiger partial charge in [0, 0.05) is 24.7 Å². The summed E-state index contributed by atoms with van der Waals surface area (Å²) in [6, 6.07) is 0.269. The van der Waals surface area contributed by atoms with Crippen molar-refractivity contribution in [1.82, 2.24) is 14.3 Å². The van der Waals surface area contributed by atoms with Gasteiger partial charge in [0.25, 0.3) is 10.2 Å². The van der Waals surface area contributed by atoms with Gasteiger partial charge in [-0.3, -0.25) is 0 Å². The molecule has 0 aromatic carbocycles. The molecule has 1 aliphatic heterocycles. The van der Waals surface area contributed by atoms with E-state index in [9.17, 15) is 8.42 Å². The molecule has 1 atom stereocenters. The van der Waals surface area contributed by atoms with Crippen LogP contribution in [0.5, 0.6) is 0 Å². The summed E-state index contributed by atoms with van der Waals surface area (Å²) in [5, 5.41) is 3.13. The highest BCUT2D eigenvalue weighted by atomic mass is 32.2. The first-order valence-electron chi connectivity index (χ1n) is 5.71. The van der Waals surface area contributed by atoms with Crippen molar-refractivity contribution in [1.29, 1.82) is 0 Å². The Balaban J connectivity index is 2.68. The number of nitrogens with one attached hydrogen (secondary N) is 2. The lowest BCUT2D eigenvalue weighted by Crippen LogP contribution is -2.54. The van der Waals surface area contributed by atoms with E-state index < -0.39 is 15.7 Å². The standard InChI is InChI=1S/C10H23N3O2S/c1-10(2,3)12-16(14,15)13-7-5-6-9(8-13)11-4/h9,11-12H,5-8H2,1-4H3. The molecular weight excluding hydrogens is 226 g/mol. The summed E-state index contributed by atoms with van der Waals surface area (Å²) in [7, 11) is -1.47. The second kappa shape index (κ2) is 5.00. The zero-order chi connectivity index (χ0) is 12.4. The van der Waals surface area contributed by atoms with Crippen molar-refractivity contribution in [3.05, 3.63) is 0 Å². The Kier molecular flexibility index (Phi) is 4.34. The van der Waals surface area contributed by atoms with Crippen molar-refractivity contribution < 1.29 is 8.42 Å². The first-order chi connectivity index (χ1) is 7.24. The monoisotopic (exact) mass is 249 g/mol. The van der Waals surface area contributed by atoms with Crippen LogP contribution in [-0.4, -0.2) is 44.4 Å². The fraction of sp³-hybridized carbons (Fsp3) is 1.00. The average Bonchev–Trinajstić information content (AvgIpc) is 2.14. The van der Waals surface area contributed by atoms with Crippen LogP contribution in [0.25, 0.3) is 0 Å². The third-order valence-corrected chi connectivity index (χ3v) is 4.45. The zero-order valence-corrected chi connectivity index (χ0v) is 11.4. The second-order valence-corrected chi connectivity index (χ2v) is 7.01. The molecule has 0 bridgehead atoms. The number of rotatable bonds is 3. The second-order valence-electron chi connectivity index (χ2n) is 5.34. The summed E-state index contributed by atoms with van der Waals surface area (Å²) in [5.74, 6) is 0. The molecule has 1 aliphatic rings. The lowest BCUT2D eigenvalue weighted by Gasteiger charge is -2.33. The number of piperidine rings is 1. The van der Waals surface area contributed by atoms with Gasteiger partial charge in [-0.1, -0.05) is 0 Å². The van der Waals surface area contributed by atoms with Gasteiger partial charge in [0.05, 0.1) is 0 Å². The minimum absolute atomic E-state index is 0.269. The maximum Gasteiger partial charge on any atom is 0.279 e. The van der Waals surface area contributed by atoms with Gasteiger partial charge in [-0.15, -0.1) is 0 Å². The van der Waals surface area contributed by atoms with E-state index in [1.54, 1.807) is 0 Å². The molecule has 1 saturated heterocycles. The Bertz CT molecular complexity index is 321. The molecular formula is C10H23N3O2S. The molecule has 0 radical (unpaired) electrons. The van der Waals surface area contributed by atoms with Crippen molar-refractivity contribution in [2.75, 3.05) is 20.1 Å². The normalized spacial score (nSPS) is 24.6. The van der Waals surface area contributed by atoms with E-state index in [0.29, 0.717) is 13.1 Å². The van der Waals surface area contributed by atoms with Crippen LogP contribution in [0.3, 0.4) is 0 Å². The molecule has 0 aromatic heterocycles. The Morgan fingerprint density at radius 1 is 1.31 bits per heavy atom. The predicted molar refractivity (Wildman–Crippen MR) is 65.5 cm³/mol. The van der Waals surface area contributed by atoms with E-state index in [0.717, 1.165) is 12.8 Å². The Morgan fingerprint density at radius 2 is 1.94 bits per heavy atom. The van der Waals surface area contributed by atoms with Crippen LogP contribution in [0.2, 0.25) is 0 Å². The van der Waals surface area contributed by atoms with Gasteiger partial charge in [0.1, 0.15) is 0 Å². The summed E-state index contributed by atoms with van der Waals surface area (Å²) >= 11 is 0. The summed E-state index contributed by atoms with van der Waals surface area (Å²) in [4.78, 5) is 0.